The van der Waals surface area contributed by atoms with Gasteiger partial charge in [0, 0.05) is 23.7 Å². The van der Waals surface area contributed by atoms with E-state index in [9.17, 15) is 14.7 Å². The van der Waals surface area contributed by atoms with Gasteiger partial charge in [-0.3, -0.25) is 9.89 Å². The number of nitrogens with two attached hydrogens (primary N) is 1. The van der Waals surface area contributed by atoms with Gasteiger partial charge in [-0.05, 0) is 29.8 Å². The van der Waals surface area contributed by atoms with Gasteiger partial charge in [0.1, 0.15) is 22.4 Å². The van der Waals surface area contributed by atoms with Crippen LogP contribution in [-0.2, 0) is 13.0 Å². The second kappa shape index (κ2) is 7.35. The summed E-state index contributed by atoms with van der Waals surface area (Å²) in [6, 6.07) is 8.77. The van der Waals surface area contributed by atoms with Gasteiger partial charge < -0.3 is 25.1 Å². The molecule has 1 aliphatic heterocycles. The minimum Gasteiger partial charge on any atom is -0.492 e. The number of nitrogens with zero attached hydrogens (tertiary/aromatic N) is 3. The average Bonchev–Trinajstić information content (AvgIpc) is 3.51. The van der Waals surface area contributed by atoms with Gasteiger partial charge in [0.2, 0.25) is 0 Å². The Kier molecular flexibility index (Phi) is 4.39. The van der Waals surface area contributed by atoms with Crippen LogP contribution in [0.5, 0.6) is 5.75 Å². The number of ether oxygens (including phenoxy) is 1. The Morgan fingerprint density at radius 2 is 2.18 bits per heavy atom. The lowest BCUT2D eigenvalue weighted by Crippen LogP contribution is -2.14. The highest BCUT2D eigenvalue weighted by atomic mass is 35.5. The van der Waals surface area contributed by atoms with Crippen molar-refractivity contribution in [3.05, 3.63) is 68.9 Å². The first-order chi connectivity index (χ1) is 16.4. The molecule has 0 atom stereocenters. The van der Waals surface area contributed by atoms with Crippen LogP contribution in [-0.4, -0.2) is 42.4 Å². The van der Waals surface area contributed by atoms with E-state index in [1.807, 2.05) is 12.1 Å². The van der Waals surface area contributed by atoms with E-state index in [0.717, 1.165) is 5.56 Å². The molecule has 34 heavy (non-hydrogen) atoms. The van der Waals surface area contributed by atoms with Crippen LogP contribution in [0.4, 0.5) is 5.82 Å². The Balaban J connectivity index is 1.69. The topological polar surface area (TPSA) is 152 Å². The monoisotopic (exact) mass is 476 g/mol. The number of fused-ring (bicyclic) bond motifs is 4. The SMILES string of the molecule is Nc1[nH]nc2nc(Cl)c(Cn3c(C(=O)O)c(-c4ccc[nH]c4=O)c4c5c(ccc43)CCO5)cc12. The molecular weight excluding hydrogens is 460 g/mol. The highest BCUT2D eigenvalue weighted by Crippen LogP contribution is 2.43. The number of hydrogen-bond donors (Lipinski definition) is 4. The summed E-state index contributed by atoms with van der Waals surface area (Å²) < 4.78 is 7.53. The largest absolute Gasteiger partial charge is 0.492 e. The van der Waals surface area contributed by atoms with Crippen molar-refractivity contribution in [2.75, 3.05) is 12.3 Å². The zero-order valence-electron chi connectivity index (χ0n) is 17.6. The predicted octanol–water partition coefficient (Wildman–Crippen LogP) is 3.18. The van der Waals surface area contributed by atoms with Crippen LogP contribution < -0.4 is 16.0 Å². The summed E-state index contributed by atoms with van der Waals surface area (Å²) in [4.78, 5) is 32.3. The van der Waals surface area contributed by atoms with E-state index in [1.54, 1.807) is 22.8 Å². The minimum atomic E-state index is -1.19. The van der Waals surface area contributed by atoms with Crippen LogP contribution in [0, 0.1) is 0 Å². The fourth-order valence-electron chi connectivity index (χ4n) is 4.61. The van der Waals surface area contributed by atoms with Gasteiger partial charge in [-0.2, -0.15) is 5.10 Å². The molecule has 1 aromatic carbocycles. The smallest absolute Gasteiger partial charge is 0.353 e. The number of halogens is 1. The van der Waals surface area contributed by atoms with E-state index >= 15 is 0 Å². The number of carbonyl (C=O) groups is 1. The number of carboxylic acids is 1. The number of rotatable bonds is 4. The highest BCUT2D eigenvalue weighted by Gasteiger charge is 2.30. The molecule has 4 aromatic heterocycles. The van der Waals surface area contributed by atoms with Crippen LogP contribution in [0.3, 0.4) is 0 Å². The van der Waals surface area contributed by atoms with Gasteiger partial charge in [0.25, 0.3) is 5.56 Å². The first kappa shape index (κ1) is 20.3. The van der Waals surface area contributed by atoms with Crippen molar-refractivity contribution in [3.63, 3.8) is 0 Å². The normalized spacial score (nSPS) is 12.9. The second-order valence-electron chi connectivity index (χ2n) is 8.02. The number of aromatic nitrogens is 5. The number of H-pyrrole nitrogens is 2. The maximum absolute atomic E-state index is 12.8. The molecule has 6 rings (SSSR count). The maximum Gasteiger partial charge on any atom is 0.353 e. The summed E-state index contributed by atoms with van der Waals surface area (Å²) in [5.41, 5.74) is 8.54. The zero-order chi connectivity index (χ0) is 23.6. The molecule has 0 spiro atoms. The molecule has 0 radical (unpaired) electrons. The summed E-state index contributed by atoms with van der Waals surface area (Å²) in [6.07, 6.45) is 2.21. The molecule has 0 saturated carbocycles. The van der Waals surface area contributed by atoms with Crippen LogP contribution >= 0.6 is 11.6 Å². The molecule has 1 aliphatic rings. The fraction of sp³-hybridized carbons (Fsp3) is 0.130. The summed E-state index contributed by atoms with van der Waals surface area (Å²) in [7, 11) is 0. The zero-order valence-corrected chi connectivity index (χ0v) is 18.3. The summed E-state index contributed by atoms with van der Waals surface area (Å²) >= 11 is 6.44. The number of pyridine rings is 2. The molecule has 10 nitrogen and oxygen atoms in total. The quantitative estimate of drug-likeness (QED) is 0.290. The Morgan fingerprint density at radius 3 is 2.97 bits per heavy atom. The Bertz CT molecular complexity index is 1700. The van der Waals surface area contributed by atoms with E-state index in [-0.39, 0.29) is 23.0 Å². The molecule has 5 heterocycles. The van der Waals surface area contributed by atoms with Crippen LogP contribution in [0.25, 0.3) is 33.1 Å². The van der Waals surface area contributed by atoms with Crippen molar-refractivity contribution >= 4 is 45.3 Å². The Morgan fingerprint density at radius 1 is 1.32 bits per heavy atom. The van der Waals surface area contributed by atoms with Crippen LogP contribution in [0.1, 0.15) is 21.6 Å². The summed E-state index contributed by atoms with van der Waals surface area (Å²) in [5, 5.41) is 18.3. The van der Waals surface area contributed by atoms with E-state index in [2.05, 4.69) is 20.2 Å². The molecule has 0 amide bonds. The third-order valence-corrected chi connectivity index (χ3v) is 6.43. The standard InChI is InChI=1S/C23H17ClN6O4/c24-19-11(8-13-20(25)28-29-21(13)27-19)9-30-14-4-3-10-5-7-34-18(10)16(14)15(17(30)23(32)33)12-2-1-6-26-22(12)31/h1-4,6,8H,5,7,9H2,(H,26,31)(H,32,33)(H3,25,27,28,29). The molecule has 0 fully saturated rings. The van der Waals surface area contributed by atoms with Gasteiger partial charge >= 0.3 is 5.97 Å². The first-order valence-corrected chi connectivity index (χ1v) is 10.8. The van der Waals surface area contributed by atoms with Crippen molar-refractivity contribution < 1.29 is 14.6 Å². The molecule has 5 aromatic rings. The number of aromatic carboxylic acids is 1. The summed E-state index contributed by atoms with van der Waals surface area (Å²) in [6.45, 7) is 0.562. The van der Waals surface area contributed by atoms with Crippen molar-refractivity contribution in [2.45, 2.75) is 13.0 Å². The average molecular weight is 477 g/mol. The Hall–Kier alpha value is -4.31. The molecule has 170 valence electrons. The maximum atomic E-state index is 12.8. The number of nitrogens with one attached hydrogen (secondary N) is 2. The number of anilines is 1. The van der Waals surface area contributed by atoms with E-state index in [0.29, 0.717) is 57.7 Å². The fourth-order valence-corrected chi connectivity index (χ4v) is 4.80. The lowest BCUT2D eigenvalue weighted by molar-refractivity contribution is 0.0687. The van der Waals surface area contributed by atoms with Gasteiger partial charge in [-0.25, -0.2) is 9.78 Å². The van der Waals surface area contributed by atoms with Crippen LogP contribution in [0.15, 0.2) is 41.3 Å². The minimum absolute atomic E-state index is 0.0491. The number of carboxylic acid groups (broad SMARTS) is 1. The van der Waals surface area contributed by atoms with E-state index in [4.69, 9.17) is 22.1 Å². The molecule has 11 heteroatoms. The highest BCUT2D eigenvalue weighted by molar-refractivity contribution is 6.30. The second-order valence-corrected chi connectivity index (χ2v) is 8.38. The molecule has 0 bridgehead atoms. The van der Waals surface area contributed by atoms with E-state index < -0.39 is 11.5 Å². The van der Waals surface area contributed by atoms with E-state index in [1.165, 1.54) is 6.20 Å². The van der Waals surface area contributed by atoms with Gasteiger partial charge in [0.15, 0.2) is 5.65 Å². The lowest BCUT2D eigenvalue weighted by atomic mass is 10.0. The van der Waals surface area contributed by atoms with Gasteiger partial charge in [0.05, 0.1) is 35.0 Å². The van der Waals surface area contributed by atoms with Crippen molar-refractivity contribution in [2.24, 2.45) is 0 Å². The molecule has 0 saturated heterocycles. The predicted molar refractivity (Wildman–Crippen MR) is 127 cm³/mol. The Labute approximate surface area is 195 Å². The lowest BCUT2D eigenvalue weighted by Gasteiger charge is -2.11. The molecule has 5 N–H and O–H groups in total. The van der Waals surface area contributed by atoms with Crippen molar-refractivity contribution in [3.8, 4) is 16.9 Å². The van der Waals surface area contributed by atoms with Crippen molar-refractivity contribution in [1.82, 2.24) is 24.7 Å². The number of hydrogen-bond acceptors (Lipinski definition) is 6. The number of aromatic amines is 2. The molecule has 0 aliphatic carbocycles. The molecule has 0 unspecified atom stereocenters. The number of nitrogen functional groups attached to an aromatic ring is 1. The molecular formula is C23H17ClN6O4. The van der Waals surface area contributed by atoms with Gasteiger partial charge in [-0.1, -0.05) is 17.7 Å². The third kappa shape index (κ3) is 2.88. The first-order valence-electron chi connectivity index (χ1n) is 10.4. The summed E-state index contributed by atoms with van der Waals surface area (Å²) in [5.74, 6) is -0.260. The third-order valence-electron chi connectivity index (χ3n) is 6.10. The van der Waals surface area contributed by atoms with Gasteiger partial charge in [-0.15, -0.1) is 0 Å². The number of benzene rings is 1. The van der Waals surface area contributed by atoms with Crippen LogP contribution in [0.2, 0.25) is 5.15 Å². The van der Waals surface area contributed by atoms with Crippen molar-refractivity contribution in [1.29, 1.82) is 0 Å².